The molecule has 0 aliphatic carbocycles. The van der Waals surface area contributed by atoms with Crippen molar-refractivity contribution in [2.75, 3.05) is 24.3 Å². The van der Waals surface area contributed by atoms with Crippen molar-refractivity contribution in [1.82, 2.24) is 39.0 Å². The average Bonchev–Trinajstić information content (AvgIpc) is 3.80. The maximum Gasteiger partial charge on any atom is 0.472 e. The van der Waals surface area contributed by atoms with Gasteiger partial charge in [0.15, 0.2) is 34.8 Å². The van der Waals surface area contributed by atoms with Gasteiger partial charge < -0.3 is 44.3 Å². The number of H-pyrrole nitrogens is 2. The van der Waals surface area contributed by atoms with Gasteiger partial charge >= 0.3 is 7.82 Å². The van der Waals surface area contributed by atoms with E-state index in [4.69, 9.17) is 33.3 Å². The molecule has 3 saturated heterocycles. The van der Waals surface area contributed by atoms with Gasteiger partial charge in [0, 0.05) is 5.92 Å². The number of aliphatic hydroxyl groups is 2. The number of nitrogens with one attached hydrogen (secondary N) is 3. The molecule has 8 N–H and O–H groups in total. The molecule has 7 rings (SSSR count). The number of nitrogens with two attached hydrogens (primary N) is 1. The number of phosphoric ester groups is 2. The zero-order chi connectivity index (χ0) is 36.6. The Kier molecular flexibility index (Phi) is 8.97. The number of aliphatic hydroxyl groups excluding tert-OH is 2. The molecular weight excluding hydrogens is 730 g/mol. The molecule has 10 atom stereocenters. The number of hydrogen-bond acceptors (Lipinski definition) is 19. The number of hydrogen-bond donors (Lipinski definition) is 7. The molecule has 0 radical (unpaired) electrons. The number of aromatic nitrogens is 8. The minimum atomic E-state index is -5.40. The molecular formula is C24H29N10O15P2-. The summed E-state index contributed by atoms with van der Waals surface area (Å²) < 4.78 is 60.5. The number of phosphoric acid groups is 2. The standard InChI is InChI=1S/C24H30N10O15P2/c1-7(2)18(37)31-24-29-17-11(20(39)32-24)27-6-34(17)22-13(36)15-9(47-22)4-45-50(40,41)48-14-8(3-44-51(42,43)49-15)46-21(12(14)35)33-5-26-10-16(33)28-23(25)30-19(10)38/h5-9,12-15,21-22,35-36H,3-4H2,1-2H3,(H,40,41)(H,42,43)(H3,25,28,30,38)(H2,29,31,32,37,39)/p-1/t8-,9-,12-,13-,14-,15-,21-,22-/m1/s1. The summed E-state index contributed by atoms with van der Waals surface area (Å²) in [6, 6.07) is 0. The van der Waals surface area contributed by atoms with Gasteiger partial charge in [-0.2, -0.15) is 9.97 Å². The van der Waals surface area contributed by atoms with E-state index in [1.54, 1.807) is 13.8 Å². The van der Waals surface area contributed by atoms with Gasteiger partial charge in [-0.3, -0.25) is 52.4 Å². The van der Waals surface area contributed by atoms with Crippen molar-refractivity contribution in [2.45, 2.75) is 62.9 Å². The van der Waals surface area contributed by atoms with E-state index in [0.717, 1.165) is 21.8 Å². The van der Waals surface area contributed by atoms with Crippen LogP contribution in [0.3, 0.4) is 0 Å². The predicted octanol–water partition coefficient (Wildman–Crippen LogP) is -2.67. The van der Waals surface area contributed by atoms with Gasteiger partial charge in [0.1, 0.15) is 36.6 Å². The van der Waals surface area contributed by atoms with E-state index >= 15 is 0 Å². The van der Waals surface area contributed by atoms with Crippen molar-refractivity contribution in [1.29, 1.82) is 0 Å². The third-order valence-electron chi connectivity index (χ3n) is 8.12. The largest absolute Gasteiger partial charge is 0.756 e. The average molecular weight is 759 g/mol. The highest BCUT2D eigenvalue weighted by atomic mass is 31.2. The number of nitrogens with zero attached hydrogens (tertiary/aromatic N) is 6. The first-order chi connectivity index (χ1) is 24.0. The van der Waals surface area contributed by atoms with Gasteiger partial charge in [-0.15, -0.1) is 0 Å². The Hall–Kier alpha value is -3.97. The first-order valence-electron chi connectivity index (χ1n) is 15.0. The molecule has 2 unspecified atom stereocenters. The molecule has 0 aromatic carbocycles. The number of imidazole rings is 2. The van der Waals surface area contributed by atoms with Crippen LogP contribution in [-0.4, -0.2) is 110 Å². The number of carbonyl (C=O) groups is 1. The summed E-state index contributed by atoms with van der Waals surface area (Å²) in [5, 5.41) is 24.9. The molecule has 3 aliphatic heterocycles. The second kappa shape index (κ2) is 12.9. The summed E-state index contributed by atoms with van der Waals surface area (Å²) >= 11 is 0. The van der Waals surface area contributed by atoms with Crippen molar-refractivity contribution in [3.05, 3.63) is 33.4 Å². The van der Waals surface area contributed by atoms with Gasteiger partial charge in [0.2, 0.25) is 17.8 Å². The monoisotopic (exact) mass is 759 g/mol. The number of rotatable bonds is 4. The van der Waals surface area contributed by atoms with Crippen molar-refractivity contribution in [3.63, 3.8) is 0 Å². The van der Waals surface area contributed by atoms with E-state index in [1.807, 2.05) is 0 Å². The second-order valence-corrected chi connectivity index (χ2v) is 14.7. The fraction of sp³-hybridized carbons (Fsp3) is 0.542. The number of nitrogen functional groups attached to an aromatic ring is 1. The van der Waals surface area contributed by atoms with E-state index < -0.39 is 101 Å². The number of ether oxygens (including phenoxy) is 2. The van der Waals surface area contributed by atoms with Crippen molar-refractivity contribution >= 4 is 55.8 Å². The zero-order valence-corrected chi connectivity index (χ0v) is 27.9. The third kappa shape index (κ3) is 6.63. The van der Waals surface area contributed by atoms with Crippen molar-refractivity contribution in [2.24, 2.45) is 5.92 Å². The van der Waals surface area contributed by atoms with E-state index in [-0.39, 0.29) is 34.2 Å². The fourth-order valence-corrected chi connectivity index (χ4v) is 7.60. The van der Waals surface area contributed by atoms with Crippen LogP contribution in [0.2, 0.25) is 0 Å². The van der Waals surface area contributed by atoms with Crippen LogP contribution in [0.25, 0.3) is 22.3 Å². The van der Waals surface area contributed by atoms with Crippen molar-refractivity contribution < 1.29 is 61.5 Å². The van der Waals surface area contributed by atoms with Gasteiger partial charge in [0.25, 0.3) is 18.9 Å². The Morgan fingerprint density at radius 3 is 2.06 bits per heavy atom. The van der Waals surface area contributed by atoms with E-state index in [0.29, 0.717) is 0 Å². The molecule has 276 valence electrons. The second-order valence-electron chi connectivity index (χ2n) is 11.9. The SMILES string of the molecule is CC(C)C(=O)Nc1nc2c(ncn2[C@@H]2O[C@@H]3COP(=O)(O)O[C@H]4[C@@H](O)[C@H](n5cnc6c(=O)[nH]c(N)nc65)O[C@@H]4COP(=O)([O-])O[C@H]3[C@H]2O)c(=O)[nH]1. The van der Waals surface area contributed by atoms with E-state index in [9.17, 15) is 43.5 Å². The molecule has 0 saturated carbocycles. The van der Waals surface area contributed by atoms with Crippen LogP contribution in [0.1, 0.15) is 26.3 Å². The highest BCUT2D eigenvalue weighted by Gasteiger charge is 2.53. The van der Waals surface area contributed by atoms with E-state index in [2.05, 4.69) is 35.2 Å². The van der Waals surface area contributed by atoms with Crippen LogP contribution in [-0.2, 0) is 41.5 Å². The first-order valence-corrected chi connectivity index (χ1v) is 17.9. The number of amides is 1. The van der Waals surface area contributed by atoms with Crippen LogP contribution in [0.5, 0.6) is 0 Å². The third-order valence-corrected chi connectivity index (χ3v) is 10.1. The molecule has 7 heterocycles. The summed E-state index contributed by atoms with van der Waals surface area (Å²) in [5.41, 5.74) is 3.39. The van der Waals surface area contributed by atoms with Crippen LogP contribution >= 0.6 is 15.6 Å². The summed E-state index contributed by atoms with van der Waals surface area (Å²) in [6.45, 7) is 1.33. The van der Waals surface area contributed by atoms with Gasteiger partial charge in [-0.1, -0.05) is 13.8 Å². The van der Waals surface area contributed by atoms with Gasteiger partial charge in [-0.25, -0.2) is 14.5 Å². The predicted molar refractivity (Wildman–Crippen MR) is 163 cm³/mol. The number of carbonyl (C=O) groups excluding carboxylic acids is 1. The molecule has 4 aromatic rings. The normalized spacial score (nSPS) is 34.6. The Labute approximate surface area is 282 Å². The van der Waals surface area contributed by atoms with Crippen LogP contribution in [0.15, 0.2) is 22.2 Å². The van der Waals surface area contributed by atoms with Crippen LogP contribution in [0.4, 0.5) is 11.9 Å². The summed E-state index contributed by atoms with van der Waals surface area (Å²) in [7, 11) is -10.6. The minimum absolute atomic E-state index is 0.143. The molecule has 0 bridgehead atoms. The molecule has 1 amide bonds. The Bertz CT molecular complexity index is 2220. The zero-order valence-electron chi connectivity index (χ0n) is 26.2. The number of fused-ring (bicyclic) bond motifs is 4. The minimum Gasteiger partial charge on any atom is -0.756 e. The molecule has 25 nitrogen and oxygen atoms in total. The van der Waals surface area contributed by atoms with Gasteiger partial charge in [-0.05, 0) is 0 Å². The Morgan fingerprint density at radius 2 is 1.47 bits per heavy atom. The quantitative estimate of drug-likeness (QED) is 0.104. The molecule has 4 aromatic heterocycles. The highest BCUT2D eigenvalue weighted by molar-refractivity contribution is 7.47. The first kappa shape index (κ1) is 35.4. The molecule has 3 aliphatic rings. The smallest absolute Gasteiger partial charge is 0.472 e. The summed E-state index contributed by atoms with van der Waals surface area (Å²) in [5.74, 6) is -1.50. The van der Waals surface area contributed by atoms with Crippen molar-refractivity contribution in [3.8, 4) is 0 Å². The van der Waals surface area contributed by atoms with E-state index in [1.165, 1.54) is 0 Å². The maximum absolute atomic E-state index is 13.2. The van der Waals surface area contributed by atoms with Crippen LogP contribution < -0.4 is 27.1 Å². The number of anilines is 2. The summed E-state index contributed by atoms with van der Waals surface area (Å²) in [6.07, 6.45) is -11.5. The lowest BCUT2D eigenvalue weighted by atomic mass is 10.1. The summed E-state index contributed by atoms with van der Waals surface area (Å²) in [4.78, 5) is 81.6. The lowest BCUT2D eigenvalue weighted by Gasteiger charge is -2.32. The molecule has 0 spiro atoms. The molecule has 3 fully saturated rings. The molecule has 27 heteroatoms. The number of aromatic amines is 2. The van der Waals surface area contributed by atoms with Gasteiger partial charge in [0.05, 0.1) is 25.9 Å². The Morgan fingerprint density at radius 1 is 0.941 bits per heavy atom. The highest BCUT2D eigenvalue weighted by Crippen LogP contribution is 2.52. The fourth-order valence-electron chi connectivity index (χ4n) is 5.69. The lowest BCUT2D eigenvalue weighted by molar-refractivity contribution is -0.236. The topological polar surface area (TPSA) is 356 Å². The lowest BCUT2D eigenvalue weighted by Crippen LogP contribution is -2.40. The van der Waals surface area contributed by atoms with Crippen LogP contribution in [0, 0.1) is 5.92 Å². The molecule has 51 heavy (non-hydrogen) atoms. The maximum atomic E-state index is 13.2. The Balaban J connectivity index is 1.16.